The first-order chi connectivity index (χ1) is 15.5. The lowest BCUT2D eigenvalue weighted by Gasteiger charge is -2.09. The van der Waals surface area contributed by atoms with Crippen LogP contribution in [0.5, 0.6) is 0 Å². The predicted molar refractivity (Wildman–Crippen MR) is 121 cm³/mol. The molecule has 4 aromatic rings. The number of aromatic nitrogens is 2. The van der Waals surface area contributed by atoms with E-state index < -0.39 is 17.2 Å². The van der Waals surface area contributed by atoms with Crippen LogP contribution in [0.4, 0.5) is 5.69 Å². The third-order valence-electron chi connectivity index (χ3n) is 4.85. The van der Waals surface area contributed by atoms with E-state index in [2.05, 4.69) is 10.3 Å². The van der Waals surface area contributed by atoms with Crippen LogP contribution in [0, 0.1) is 0 Å². The monoisotopic (exact) mass is 429 g/mol. The minimum Gasteiger partial charge on any atom is -0.462 e. The Kier molecular flexibility index (Phi) is 5.67. The Hall–Kier alpha value is -4.46. The number of hydrogen-bond acceptors (Lipinski definition) is 5. The van der Waals surface area contributed by atoms with Crippen molar-refractivity contribution in [2.24, 2.45) is 0 Å². The first kappa shape index (κ1) is 20.8. The van der Waals surface area contributed by atoms with E-state index in [0.717, 1.165) is 4.57 Å². The Morgan fingerprint density at radius 3 is 2.25 bits per heavy atom. The largest absolute Gasteiger partial charge is 0.462 e. The number of hydrogen-bond donors (Lipinski definition) is 2. The van der Waals surface area contributed by atoms with Crippen LogP contribution in [-0.4, -0.2) is 28.0 Å². The molecule has 0 saturated carbocycles. The smallest absolute Gasteiger partial charge is 0.338 e. The highest BCUT2D eigenvalue weighted by Crippen LogP contribution is 2.14. The number of carbonyl (C=O) groups is 2. The van der Waals surface area contributed by atoms with Crippen LogP contribution < -0.4 is 16.6 Å². The minimum absolute atomic E-state index is 0.282. The van der Waals surface area contributed by atoms with Crippen LogP contribution in [0.15, 0.2) is 82.4 Å². The number of benzene rings is 3. The Morgan fingerprint density at radius 1 is 0.906 bits per heavy atom. The zero-order valence-corrected chi connectivity index (χ0v) is 17.1. The number of nitrogens with zero attached hydrogens (tertiary/aromatic N) is 1. The van der Waals surface area contributed by atoms with Gasteiger partial charge in [0.1, 0.15) is 0 Å². The van der Waals surface area contributed by atoms with Gasteiger partial charge in [-0.05, 0) is 67.6 Å². The molecule has 3 aromatic carbocycles. The molecule has 0 bridgehead atoms. The Labute approximate surface area is 182 Å². The molecular formula is C24H19N3O5. The number of amides is 1. The van der Waals surface area contributed by atoms with E-state index in [4.69, 9.17) is 4.74 Å². The summed E-state index contributed by atoms with van der Waals surface area (Å²) < 4.78 is 5.96. The summed E-state index contributed by atoms with van der Waals surface area (Å²) in [4.78, 5) is 52.1. The number of H-pyrrole nitrogens is 1. The zero-order chi connectivity index (χ0) is 22.7. The van der Waals surface area contributed by atoms with Gasteiger partial charge < -0.3 is 15.0 Å². The van der Waals surface area contributed by atoms with E-state index in [-0.39, 0.29) is 12.5 Å². The average Bonchev–Trinajstić information content (AvgIpc) is 2.80. The third kappa shape index (κ3) is 4.06. The lowest BCUT2D eigenvalue weighted by Crippen LogP contribution is -2.33. The molecule has 0 saturated heterocycles. The fourth-order valence-corrected chi connectivity index (χ4v) is 3.27. The van der Waals surface area contributed by atoms with Gasteiger partial charge in [-0.1, -0.05) is 12.1 Å². The summed E-state index contributed by atoms with van der Waals surface area (Å²) in [5, 5.41) is 3.12. The lowest BCUT2D eigenvalue weighted by atomic mass is 10.1. The van der Waals surface area contributed by atoms with Gasteiger partial charge in [0.2, 0.25) is 0 Å². The van der Waals surface area contributed by atoms with Crippen molar-refractivity contribution in [2.75, 3.05) is 11.9 Å². The standard InChI is InChI=1S/C24H19N3O5/c1-2-32-23(30)16-7-11-17(12-8-16)25-21(28)15-9-13-18(14-10-15)27-22(29)19-5-3-4-6-20(19)26-24(27)31/h3-14H,2H2,1H3,(H,25,28)(H,26,31). The van der Waals surface area contributed by atoms with Gasteiger partial charge in [-0.25, -0.2) is 14.2 Å². The first-order valence-corrected chi connectivity index (χ1v) is 9.91. The van der Waals surface area contributed by atoms with Gasteiger partial charge >= 0.3 is 11.7 Å². The average molecular weight is 429 g/mol. The molecule has 8 heteroatoms. The summed E-state index contributed by atoms with van der Waals surface area (Å²) in [5.41, 5.74) is 1.04. The van der Waals surface area contributed by atoms with Crippen LogP contribution in [0.25, 0.3) is 16.6 Å². The van der Waals surface area contributed by atoms with Gasteiger partial charge in [0.05, 0.1) is 28.8 Å². The predicted octanol–water partition coefficient (Wildman–Crippen LogP) is 3.11. The van der Waals surface area contributed by atoms with Gasteiger partial charge in [-0.15, -0.1) is 0 Å². The van der Waals surface area contributed by atoms with Gasteiger partial charge in [0.25, 0.3) is 11.5 Å². The minimum atomic E-state index is -0.562. The van der Waals surface area contributed by atoms with Crippen molar-refractivity contribution in [2.45, 2.75) is 6.92 Å². The van der Waals surface area contributed by atoms with Crippen LogP contribution >= 0.6 is 0 Å². The first-order valence-electron chi connectivity index (χ1n) is 9.91. The summed E-state index contributed by atoms with van der Waals surface area (Å²) in [6, 6.07) is 19.2. The molecule has 0 atom stereocenters. The van der Waals surface area contributed by atoms with Crippen molar-refractivity contribution in [1.82, 2.24) is 9.55 Å². The van der Waals surface area contributed by atoms with E-state index in [1.165, 1.54) is 24.3 Å². The highest BCUT2D eigenvalue weighted by atomic mass is 16.5. The highest BCUT2D eigenvalue weighted by Gasteiger charge is 2.12. The van der Waals surface area contributed by atoms with Crippen molar-refractivity contribution in [1.29, 1.82) is 0 Å². The number of rotatable bonds is 5. The maximum atomic E-state index is 12.8. The molecule has 0 unspecified atom stereocenters. The summed E-state index contributed by atoms with van der Waals surface area (Å²) >= 11 is 0. The van der Waals surface area contributed by atoms with E-state index >= 15 is 0 Å². The summed E-state index contributed by atoms with van der Waals surface area (Å²) in [7, 11) is 0. The van der Waals surface area contributed by atoms with Crippen molar-refractivity contribution in [3.63, 3.8) is 0 Å². The molecule has 1 heterocycles. The topological polar surface area (TPSA) is 110 Å². The number of anilines is 1. The Bertz CT molecular complexity index is 1420. The van der Waals surface area contributed by atoms with Crippen LogP contribution in [0.2, 0.25) is 0 Å². The molecule has 8 nitrogen and oxygen atoms in total. The van der Waals surface area contributed by atoms with Crippen LogP contribution in [-0.2, 0) is 4.74 Å². The highest BCUT2D eigenvalue weighted by molar-refractivity contribution is 6.04. The van der Waals surface area contributed by atoms with E-state index in [1.807, 2.05) is 0 Å². The quantitative estimate of drug-likeness (QED) is 0.474. The molecule has 1 aromatic heterocycles. The molecule has 0 radical (unpaired) electrons. The van der Waals surface area contributed by atoms with Crippen molar-refractivity contribution < 1.29 is 14.3 Å². The molecule has 32 heavy (non-hydrogen) atoms. The van der Waals surface area contributed by atoms with E-state index in [1.54, 1.807) is 55.5 Å². The normalized spacial score (nSPS) is 10.7. The van der Waals surface area contributed by atoms with Crippen molar-refractivity contribution in [3.05, 3.63) is 105 Å². The number of aromatic amines is 1. The summed E-state index contributed by atoms with van der Waals surface area (Å²) in [5.74, 6) is -0.805. The number of nitrogens with one attached hydrogen (secondary N) is 2. The summed E-state index contributed by atoms with van der Waals surface area (Å²) in [6.07, 6.45) is 0. The van der Waals surface area contributed by atoms with E-state index in [0.29, 0.717) is 33.4 Å². The van der Waals surface area contributed by atoms with Crippen molar-refractivity contribution >= 4 is 28.5 Å². The Balaban J connectivity index is 1.55. The molecule has 0 fully saturated rings. The SMILES string of the molecule is CCOC(=O)c1ccc(NC(=O)c2ccc(-n3c(=O)[nH]c4ccccc4c3=O)cc2)cc1. The lowest BCUT2D eigenvalue weighted by molar-refractivity contribution is 0.0526. The van der Waals surface area contributed by atoms with Gasteiger partial charge in [0, 0.05) is 11.3 Å². The molecule has 4 rings (SSSR count). The van der Waals surface area contributed by atoms with Crippen LogP contribution in [0.3, 0.4) is 0 Å². The van der Waals surface area contributed by atoms with Gasteiger partial charge in [-0.2, -0.15) is 0 Å². The fourth-order valence-electron chi connectivity index (χ4n) is 3.27. The second kappa shape index (κ2) is 8.73. The maximum Gasteiger partial charge on any atom is 0.338 e. The number of carbonyl (C=O) groups excluding carboxylic acids is 2. The summed E-state index contributed by atoms with van der Waals surface area (Å²) in [6.45, 7) is 2.01. The molecule has 0 aliphatic heterocycles. The molecule has 1 amide bonds. The van der Waals surface area contributed by atoms with Gasteiger partial charge in [0.15, 0.2) is 0 Å². The number of esters is 1. The van der Waals surface area contributed by atoms with Crippen LogP contribution in [0.1, 0.15) is 27.6 Å². The molecule has 2 N–H and O–H groups in total. The van der Waals surface area contributed by atoms with Gasteiger partial charge in [-0.3, -0.25) is 9.59 Å². The fraction of sp³-hybridized carbons (Fsp3) is 0.0833. The molecular weight excluding hydrogens is 410 g/mol. The van der Waals surface area contributed by atoms with E-state index in [9.17, 15) is 19.2 Å². The second-order valence-electron chi connectivity index (χ2n) is 6.92. The molecule has 0 aliphatic rings. The maximum absolute atomic E-state index is 12.8. The molecule has 0 aliphatic carbocycles. The number of ether oxygens (including phenoxy) is 1. The Morgan fingerprint density at radius 2 is 1.56 bits per heavy atom. The molecule has 160 valence electrons. The number of fused-ring (bicyclic) bond motifs is 1. The number of para-hydroxylation sites is 1. The van der Waals surface area contributed by atoms with Crippen molar-refractivity contribution in [3.8, 4) is 5.69 Å². The second-order valence-corrected chi connectivity index (χ2v) is 6.92. The zero-order valence-electron chi connectivity index (χ0n) is 17.1. The third-order valence-corrected chi connectivity index (χ3v) is 4.85. The molecule has 0 spiro atoms.